The van der Waals surface area contributed by atoms with Gasteiger partial charge in [-0.15, -0.1) is 0 Å². The Balaban J connectivity index is 3.66. The minimum atomic E-state index is -1.28. The van der Waals surface area contributed by atoms with E-state index < -0.39 is 36.9 Å². The van der Waals surface area contributed by atoms with Crippen molar-refractivity contribution < 1.29 is 25.2 Å². The van der Waals surface area contributed by atoms with E-state index in [1.165, 1.54) is 231 Å². The molecular formula is C57H111NO5. The number of rotatable bonds is 52. The van der Waals surface area contributed by atoms with E-state index in [2.05, 4.69) is 43.5 Å². The molecule has 4 atom stereocenters. The van der Waals surface area contributed by atoms with E-state index in [0.29, 0.717) is 12.8 Å². The minimum Gasteiger partial charge on any atom is -0.394 e. The molecule has 0 spiro atoms. The monoisotopic (exact) mass is 890 g/mol. The molecule has 0 aliphatic carbocycles. The number of hydrogen-bond acceptors (Lipinski definition) is 5. The second-order valence-corrected chi connectivity index (χ2v) is 19.6. The third-order valence-corrected chi connectivity index (χ3v) is 13.4. The third kappa shape index (κ3) is 45.7. The first kappa shape index (κ1) is 61.8. The summed E-state index contributed by atoms with van der Waals surface area (Å²) in [5.74, 6) is -0.594. The maximum atomic E-state index is 12.6. The Bertz CT molecular complexity index is 955. The normalized spacial score (nSPS) is 13.9. The lowest BCUT2D eigenvalue weighted by Gasteiger charge is -2.27. The minimum absolute atomic E-state index is 0.358. The molecule has 6 nitrogen and oxygen atoms in total. The molecule has 6 heteroatoms. The molecule has 0 saturated carbocycles. The Labute approximate surface area is 393 Å². The zero-order valence-electron chi connectivity index (χ0n) is 42.3. The highest BCUT2D eigenvalue weighted by atomic mass is 16.3. The predicted molar refractivity (Wildman–Crippen MR) is 274 cm³/mol. The van der Waals surface area contributed by atoms with Crippen molar-refractivity contribution in [3.63, 3.8) is 0 Å². The lowest BCUT2D eigenvalue weighted by Crippen LogP contribution is -2.53. The molecule has 0 saturated heterocycles. The van der Waals surface area contributed by atoms with Gasteiger partial charge >= 0.3 is 0 Å². The summed E-state index contributed by atoms with van der Waals surface area (Å²) in [7, 11) is 0. The smallest absolute Gasteiger partial charge is 0.249 e. The third-order valence-electron chi connectivity index (χ3n) is 13.4. The van der Waals surface area contributed by atoms with Crippen LogP contribution in [0.4, 0.5) is 0 Å². The predicted octanol–water partition coefficient (Wildman–Crippen LogP) is 16.3. The zero-order valence-corrected chi connectivity index (χ0v) is 42.3. The van der Waals surface area contributed by atoms with Crippen molar-refractivity contribution in [3.05, 3.63) is 24.3 Å². The van der Waals surface area contributed by atoms with Crippen LogP contribution < -0.4 is 5.32 Å². The maximum Gasteiger partial charge on any atom is 0.249 e. The van der Waals surface area contributed by atoms with E-state index in [0.717, 1.165) is 44.9 Å². The van der Waals surface area contributed by atoms with Gasteiger partial charge in [-0.25, -0.2) is 0 Å². The number of carbonyl (C=O) groups is 1. The zero-order chi connectivity index (χ0) is 45.9. The molecule has 0 fully saturated rings. The molecule has 63 heavy (non-hydrogen) atoms. The van der Waals surface area contributed by atoms with E-state index in [4.69, 9.17) is 0 Å². The lowest BCUT2D eigenvalue weighted by molar-refractivity contribution is -0.132. The summed E-state index contributed by atoms with van der Waals surface area (Å²) >= 11 is 0. The Morgan fingerprint density at radius 2 is 0.651 bits per heavy atom. The molecule has 0 aromatic heterocycles. The second kappa shape index (κ2) is 51.8. The summed E-state index contributed by atoms with van der Waals surface area (Å²) in [6.45, 7) is 4.08. The number of unbranched alkanes of at least 4 members (excludes halogenated alkanes) is 39. The Morgan fingerprint density at radius 1 is 0.381 bits per heavy atom. The highest BCUT2D eigenvalue weighted by Gasteiger charge is 2.28. The van der Waals surface area contributed by atoms with Crippen LogP contribution in [-0.4, -0.2) is 57.3 Å². The summed E-state index contributed by atoms with van der Waals surface area (Å²) in [6.07, 6.45) is 62.5. The van der Waals surface area contributed by atoms with Crippen molar-refractivity contribution in [2.45, 2.75) is 327 Å². The van der Waals surface area contributed by atoms with Gasteiger partial charge in [0.05, 0.1) is 18.8 Å². The fraction of sp³-hybridized carbons (Fsp3) is 0.912. The van der Waals surface area contributed by atoms with Crippen molar-refractivity contribution in [1.29, 1.82) is 0 Å². The Hall–Kier alpha value is -1.21. The van der Waals surface area contributed by atoms with E-state index in [1.54, 1.807) is 0 Å². The van der Waals surface area contributed by atoms with Crippen LogP contribution >= 0.6 is 0 Å². The van der Waals surface area contributed by atoms with Crippen molar-refractivity contribution in [3.8, 4) is 0 Å². The van der Waals surface area contributed by atoms with Crippen LogP contribution in [-0.2, 0) is 4.79 Å². The fourth-order valence-electron chi connectivity index (χ4n) is 8.93. The average molecular weight is 891 g/mol. The van der Waals surface area contributed by atoms with Crippen molar-refractivity contribution in [2.75, 3.05) is 6.61 Å². The summed E-state index contributed by atoms with van der Waals surface area (Å²) in [5, 5.41) is 44.0. The number of allylic oxidation sites excluding steroid dienone is 4. The molecular weight excluding hydrogens is 779 g/mol. The van der Waals surface area contributed by atoms with E-state index in [9.17, 15) is 25.2 Å². The van der Waals surface area contributed by atoms with Gasteiger partial charge in [-0.1, -0.05) is 263 Å². The average Bonchev–Trinajstić information content (AvgIpc) is 3.29. The molecule has 0 aromatic rings. The fourth-order valence-corrected chi connectivity index (χ4v) is 8.93. The molecule has 4 unspecified atom stereocenters. The number of aliphatic hydroxyl groups is 4. The highest BCUT2D eigenvalue weighted by Crippen LogP contribution is 2.17. The van der Waals surface area contributed by atoms with Gasteiger partial charge in [0.2, 0.25) is 5.91 Å². The van der Waals surface area contributed by atoms with Gasteiger partial charge in [-0.2, -0.15) is 0 Å². The largest absolute Gasteiger partial charge is 0.394 e. The number of carbonyl (C=O) groups excluding carboxylic acids is 1. The maximum absolute atomic E-state index is 12.6. The molecule has 0 radical (unpaired) electrons. The molecule has 5 N–H and O–H groups in total. The van der Waals surface area contributed by atoms with Gasteiger partial charge in [0.1, 0.15) is 12.2 Å². The van der Waals surface area contributed by atoms with E-state index in [-0.39, 0.29) is 0 Å². The van der Waals surface area contributed by atoms with Crippen LogP contribution in [0.15, 0.2) is 24.3 Å². The standard InChI is InChI=1S/C57H111NO5/c1-3-5-7-9-11-13-15-17-19-21-23-25-27-28-29-31-32-34-36-38-40-42-44-46-48-50-54(60)56(62)53(52-59)58-57(63)55(61)51-49-47-45-43-41-39-37-35-33-30-26-24-22-20-18-16-14-12-10-8-6-4-2/h33,35,42,44,53-56,59-62H,3-32,34,36-41,43,45-52H2,1-2H3,(H,58,63)/b35-33-,44-42+. The molecule has 0 aliphatic rings. The first-order valence-corrected chi connectivity index (χ1v) is 28.2. The topological polar surface area (TPSA) is 110 Å². The first-order valence-electron chi connectivity index (χ1n) is 28.2. The summed E-state index contributed by atoms with van der Waals surface area (Å²) in [6, 6.07) is -1.00. The van der Waals surface area contributed by atoms with Crippen molar-refractivity contribution in [1.82, 2.24) is 5.32 Å². The molecule has 1 amide bonds. The number of hydrogen-bond donors (Lipinski definition) is 5. The van der Waals surface area contributed by atoms with Crippen molar-refractivity contribution in [2.24, 2.45) is 0 Å². The van der Waals surface area contributed by atoms with Crippen LogP contribution in [0.1, 0.15) is 303 Å². The van der Waals surface area contributed by atoms with Gasteiger partial charge < -0.3 is 25.7 Å². The first-order chi connectivity index (χ1) is 31.0. The molecule has 0 heterocycles. The van der Waals surface area contributed by atoms with Crippen LogP contribution in [0.5, 0.6) is 0 Å². The second-order valence-electron chi connectivity index (χ2n) is 19.6. The Morgan fingerprint density at radius 3 is 0.952 bits per heavy atom. The number of nitrogens with one attached hydrogen (secondary N) is 1. The number of aliphatic hydroxyl groups excluding tert-OH is 4. The van der Waals surface area contributed by atoms with E-state index >= 15 is 0 Å². The SMILES string of the molecule is CCCCCCCCCCCCCC/C=C\CCCCCCCCC(O)C(=O)NC(CO)C(O)C(O)CCC/C=C/CCCCCCCCCCCCCCCCCCCCCC. The van der Waals surface area contributed by atoms with Gasteiger partial charge in [0.15, 0.2) is 0 Å². The number of amides is 1. The van der Waals surface area contributed by atoms with Gasteiger partial charge in [0.25, 0.3) is 0 Å². The van der Waals surface area contributed by atoms with Gasteiger partial charge in [-0.3, -0.25) is 4.79 Å². The van der Waals surface area contributed by atoms with E-state index in [1.807, 2.05) is 0 Å². The van der Waals surface area contributed by atoms with Gasteiger partial charge in [0, 0.05) is 0 Å². The van der Waals surface area contributed by atoms with Crippen LogP contribution in [0, 0.1) is 0 Å². The molecule has 0 aromatic carbocycles. The highest BCUT2D eigenvalue weighted by molar-refractivity contribution is 5.80. The summed E-state index contributed by atoms with van der Waals surface area (Å²) < 4.78 is 0. The molecule has 0 bridgehead atoms. The van der Waals surface area contributed by atoms with Crippen LogP contribution in [0.3, 0.4) is 0 Å². The molecule has 0 aliphatic heterocycles. The summed E-state index contributed by atoms with van der Waals surface area (Å²) in [5.41, 5.74) is 0. The Kier molecular flexibility index (Phi) is 50.8. The van der Waals surface area contributed by atoms with Crippen molar-refractivity contribution >= 4 is 5.91 Å². The quantitative estimate of drug-likeness (QED) is 0.0309. The van der Waals surface area contributed by atoms with Crippen LogP contribution in [0.25, 0.3) is 0 Å². The summed E-state index contributed by atoms with van der Waals surface area (Å²) in [4.78, 5) is 12.6. The van der Waals surface area contributed by atoms with Crippen LogP contribution in [0.2, 0.25) is 0 Å². The molecule has 0 rings (SSSR count). The molecule has 374 valence electrons. The lowest BCUT2D eigenvalue weighted by atomic mass is 10.00. The van der Waals surface area contributed by atoms with Gasteiger partial charge in [-0.05, 0) is 64.2 Å².